The summed E-state index contributed by atoms with van der Waals surface area (Å²) in [6.45, 7) is 2.43. The maximum atomic E-state index is 12.8. The van der Waals surface area contributed by atoms with E-state index in [9.17, 15) is 9.59 Å². The monoisotopic (exact) mass is 370 g/mol. The van der Waals surface area contributed by atoms with Gasteiger partial charge in [0.15, 0.2) is 11.5 Å². The van der Waals surface area contributed by atoms with Crippen LogP contribution in [0.4, 0.5) is 0 Å². The smallest absolute Gasteiger partial charge is 0.253 e. The number of hydrogen-bond donors (Lipinski definition) is 1. The molecule has 0 spiro atoms. The highest BCUT2D eigenvalue weighted by Crippen LogP contribution is 2.32. The fourth-order valence-corrected chi connectivity index (χ4v) is 3.68. The van der Waals surface area contributed by atoms with Crippen LogP contribution >= 0.6 is 0 Å². The number of amides is 2. The van der Waals surface area contributed by atoms with Gasteiger partial charge in [-0.05, 0) is 31.0 Å². The first-order valence-corrected chi connectivity index (χ1v) is 9.10. The van der Waals surface area contributed by atoms with E-state index in [-0.39, 0.29) is 24.3 Å². The summed E-state index contributed by atoms with van der Waals surface area (Å²) < 4.78 is 12.9. The van der Waals surface area contributed by atoms with Crippen molar-refractivity contribution in [2.45, 2.75) is 25.3 Å². The number of hydrogen-bond acceptors (Lipinski definition) is 5. The second-order valence-corrected chi connectivity index (χ2v) is 6.80. The number of carbonyl (C=O) groups excluding carboxylic acids is 2. The molecule has 0 saturated carbocycles. The van der Waals surface area contributed by atoms with E-state index >= 15 is 0 Å². The number of primary amides is 1. The van der Waals surface area contributed by atoms with Gasteiger partial charge in [-0.1, -0.05) is 0 Å². The van der Waals surface area contributed by atoms with Crippen LogP contribution in [0.1, 0.15) is 34.9 Å². The van der Waals surface area contributed by atoms with Gasteiger partial charge in [0.2, 0.25) is 5.91 Å². The van der Waals surface area contributed by atoms with Crippen LogP contribution in [0.15, 0.2) is 30.6 Å². The number of fused-ring (bicyclic) bond motifs is 1. The van der Waals surface area contributed by atoms with Gasteiger partial charge in [-0.2, -0.15) is 0 Å². The van der Waals surface area contributed by atoms with E-state index < -0.39 is 0 Å². The summed E-state index contributed by atoms with van der Waals surface area (Å²) in [4.78, 5) is 30.3. The van der Waals surface area contributed by atoms with E-state index in [1.54, 1.807) is 35.2 Å². The van der Waals surface area contributed by atoms with Gasteiger partial charge in [0.1, 0.15) is 25.6 Å². The van der Waals surface area contributed by atoms with Gasteiger partial charge < -0.3 is 24.7 Å². The maximum absolute atomic E-state index is 12.8. The molecule has 2 amide bonds. The SMILES string of the molecule is NC(=O)Cn1ccnc1C1CCN(C(=O)c2ccc3c(c2)OCCO3)CC1. The molecule has 3 heterocycles. The number of piperidine rings is 1. The predicted octanol–water partition coefficient (Wildman–Crippen LogP) is 1.16. The number of imidazole rings is 1. The highest BCUT2D eigenvalue weighted by atomic mass is 16.6. The lowest BCUT2D eigenvalue weighted by Gasteiger charge is -2.32. The molecule has 0 radical (unpaired) electrons. The van der Waals surface area contributed by atoms with Gasteiger partial charge in [0.25, 0.3) is 5.91 Å². The molecule has 0 atom stereocenters. The molecule has 1 fully saturated rings. The Morgan fingerprint density at radius 1 is 1.15 bits per heavy atom. The fourth-order valence-electron chi connectivity index (χ4n) is 3.68. The van der Waals surface area contributed by atoms with Crippen LogP contribution in [0, 0.1) is 0 Å². The van der Waals surface area contributed by atoms with E-state index in [2.05, 4.69) is 4.98 Å². The minimum absolute atomic E-state index is 0.00842. The molecule has 1 saturated heterocycles. The zero-order valence-corrected chi connectivity index (χ0v) is 15.0. The number of aromatic nitrogens is 2. The van der Waals surface area contributed by atoms with Gasteiger partial charge in [-0.3, -0.25) is 9.59 Å². The Kier molecular flexibility index (Phi) is 4.70. The zero-order chi connectivity index (χ0) is 18.8. The minimum atomic E-state index is -0.388. The predicted molar refractivity (Wildman–Crippen MR) is 96.7 cm³/mol. The molecule has 1 aromatic heterocycles. The summed E-state index contributed by atoms with van der Waals surface area (Å²) in [5.41, 5.74) is 5.90. The van der Waals surface area contributed by atoms with Crippen LogP contribution in [0.5, 0.6) is 11.5 Å². The van der Waals surface area contributed by atoms with Gasteiger partial charge in [0.05, 0.1) is 0 Å². The molecule has 0 aliphatic carbocycles. The topological polar surface area (TPSA) is 99.7 Å². The number of ether oxygens (including phenoxy) is 2. The Hall–Kier alpha value is -3.03. The molecule has 0 bridgehead atoms. The van der Waals surface area contributed by atoms with Gasteiger partial charge >= 0.3 is 0 Å². The highest BCUT2D eigenvalue weighted by Gasteiger charge is 2.28. The largest absolute Gasteiger partial charge is 0.486 e. The van der Waals surface area contributed by atoms with Crippen molar-refractivity contribution in [2.75, 3.05) is 26.3 Å². The number of nitrogens with zero attached hydrogens (tertiary/aromatic N) is 3. The second-order valence-electron chi connectivity index (χ2n) is 6.80. The lowest BCUT2D eigenvalue weighted by atomic mass is 9.95. The van der Waals surface area contributed by atoms with Crippen LogP contribution < -0.4 is 15.2 Å². The van der Waals surface area contributed by atoms with E-state index in [1.807, 2.05) is 4.90 Å². The number of rotatable bonds is 4. The first-order valence-electron chi connectivity index (χ1n) is 9.10. The number of nitrogens with two attached hydrogens (primary N) is 1. The molecule has 8 heteroatoms. The third-order valence-corrected chi connectivity index (χ3v) is 5.01. The third-order valence-electron chi connectivity index (χ3n) is 5.01. The molecule has 4 rings (SSSR count). The molecule has 27 heavy (non-hydrogen) atoms. The van der Waals surface area contributed by atoms with Gasteiger partial charge in [0, 0.05) is 37.0 Å². The molecule has 2 aliphatic rings. The van der Waals surface area contributed by atoms with E-state index in [4.69, 9.17) is 15.2 Å². The molecule has 142 valence electrons. The molecule has 0 unspecified atom stereocenters. The van der Waals surface area contributed by atoms with Crippen molar-refractivity contribution in [1.82, 2.24) is 14.5 Å². The molecular weight excluding hydrogens is 348 g/mol. The van der Waals surface area contributed by atoms with Crippen molar-refractivity contribution in [2.24, 2.45) is 5.73 Å². The van der Waals surface area contributed by atoms with Crippen molar-refractivity contribution in [3.05, 3.63) is 42.0 Å². The summed E-state index contributed by atoms with van der Waals surface area (Å²) in [7, 11) is 0. The molecule has 2 aliphatic heterocycles. The molecule has 1 aromatic carbocycles. The molecule has 2 N–H and O–H groups in total. The van der Waals surface area contributed by atoms with Crippen LogP contribution in [-0.4, -0.2) is 52.6 Å². The van der Waals surface area contributed by atoms with E-state index in [0.717, 1.165) is 18.7 Å². The van der Waals surface area contributed by atoms with Crippen molar-refractivity contribution in [3.63, 3.8) is 0 Å². The van der Waals surface area contributed by atoms with Crippen molar-refractivity contribution in [3.8, 4) is 11.5 Å². The van der Waals surface area contributed by atoms with Crippen LogP contribution in [-0.2, 0) is 11.3 Å². The zero-order valence-electron chi connectivity index (χ0n) is 15.0. The normalized spacial score (nSPS) is 17.0. The molecular formula is C19H22N4O4. The molecule has 2 aromatic rings. The average Bonchev–Trinajstić information content (AvgIpc) is 3.14. The van der Waals surface area contributed by atoms with E-state index in [1.165, 1.54) is 0 Å². The van der Waals surface area contributed by atoms with Crippen molar-refractivity contribution >= 4 is 11.8 Å². The van der Waals surface area contributed by atoms with Crippen molar-refractivity contribution in [1.29, 1.82) is 0 Å². The Balaban J connectivity index is 1.41. The van der Waals surface area contributed by atoms with E-state index in [0.29, 0.717) is 43.4 Å². The Morgan fingerprint density at radius 3 is 2.63 bits per heavy atom. The number of benzene rings is 1. The first-order chi connectivity index (χ1) is 13.1. The van der Waals surface area contributed by atoms with Crippen molar-refractivity contribution < 1.29 is 19.1 Å². The fraction of sp³-hybridized carbons (Fsp3) is 0.421. The first kappa shape index (κ1) is 17.4. The van der Waals surface area contributed by atoms with Crippen LogP contribution in [0.3, 0.4) is 0 Å². The molecule has 8 nitrogen and oxygen atoms in total. The van der Waals surface area contributed by atoms with Crippen LogP contribution in [0.2, 0.25) is 0 Å². The van der Waals surface area contributed by atoms with Gasteiger partial charge in [-0.15, -0.1) is 0 Å². The highest BCUT2D eigenvalue weighted by molar-refractivity contribution is 5.95. The average molecular weight is 370 g/mol. The minimum Gasteiger partial charge on any atom is -0.486 e. The Labute approximate surface area is 156 Å². The summed E-state index contributed by atoms with van der Waals surface area (Å²) in [5, 5.41) is 0. The standard InChI is InChI=1S/C19H22N4O4/c20-17(24)12-23-8-5-21-18(23)13-3-6-22(7-4-13)19(25)14-1-2-15-16(11-14)27-10-9-26-15/h1-2,5,8,11,13H,3-4,6-7,9-10,12H2,(H2,20,24). The van der Waals surface area contributed by atoms with Crippen LogP contribution in [0.25, 0.3) is 0 Å². The lowest BCUT2D eigenvalue weighted by Crippen LogP contribution is -2.38. The van der Waals surface area contributed by atoms with Gasteiger partial charge in [-0.25, -0.2) is 4.98 Å². The summed E-state index contributed by atoms with van der Waals surface area (Å²) >= 11 is 0. The Morgan fingerprint density at radius 2 is 1.89 bits per heavy atom. The summed E-state index contributed by atoms with van der Waals surface area (Å²) in [5.74, 6) is 1.98. The maximum Gasteiger partial charge on any atom is 0.253 e. The second kappa shape index (κ2) is 7.30. The number of likely N-dealkylation sites (tertiary alicyclic amines) is 1. The quantitative estimate of drug-likeness (QED) is 0.871. The summed E-state index contributed by atoms with van der Waals surface area (Å²) in [6, 6.07) is 5.32. The Bertz CT molecular complexity index is 855. The lowest BCUT2D eigenvalue weighted by molar-refractivity contribution is -0.118. The third kappa shape index (κ3) is 3.60. The number of carbonyl (C=O) groups is 2. The summed E-state index contributed by atoms with van der Waals surface area (Å²) in [6.07, 6.45) is 5.05.